The van der Waals surface area contributed by atoms with Gasteiger partial charge in [0.2, 0.25) is 0 Å². The van der Waals surface area contributed by atoms with E-state index in [0.29, 0.717) is 12.5 Å². The summed E-state index contributed by atoms with van der Waals surface area (Å²) in [6, 6.07) is 2.57. The third-order valence-corrected chi connectivity index (χ3v) is 4.41. The molecule has 0 radical (unpaired) electrons. The Hall–Kier alpha value is -1.20. The maximum absolute atomic E-state index is 10.1. The summed E-state index contributed by atoms with van der Waals surface area (Å²) in [5, 5.41) is 16.6. The highest BCUT2D eigenvalue weighted by Gasteiger charge is 2.17. The summed E-state index contributed by atoms with van der Waals surface area (Å²) in [5.74, 6) is 0. The minimum Gasteiger partial charge on any atom is -0.386 e. The SMILES string of the molecule is OC(Cc1ccn(C2CCCCC2)n1)c1cscn1. The van der Waals surface area contributed by atoms with Gasteiger partial charge in [-0.05, 0) is 18.9 Å². The molecule has 0 aliphatic heterocycles. The Kier molecular flexibility index (Phi) is 3.94. The molecule has 1 atom stereocenters. The summed E-state index contributed by atoms with van der Waals surface area (Å²) in [7, 11) is 0. The first-order chi connectivity index (χ1) is 9.33. The van der Waals surface area contributed by atoms with E-state index in [0.717, 1.165) is 11.4 Å². The van der Waals surface area contributed by atoms with Gasteiger partial charge in [-0.1, -0.05) is 19.3 Å². The molecule has 102 valence electrons. The molecule has 5 heteroatoms. The molecule has 1 fully saturated rings. The first-order valence-electron chi connectivity index (χ1n) is 6.93. The van der Waals surface area contributed by atoms with Crippen LogP contribution in [-0.2, 0) is 6.42 Å². The molecule has 2 aromatic rings. The van der Waals surface area contributed by atoms with Gasteiger partial charge in [-0.3, -0.25) is 4.68 Å². The van der Waals surface area contributed by atoms with Crippen molar-refractivity contribution in [1.82, 2.24) is 14.8 Å². The number of hydrogen-bond donors (Lipinski definition) is 1. The van der Waals surface area contributed by atoms with E-state index >= 15 is 0 Å². The van der Waals surface area contributed by atoms with Gasteiger partial charge in [0.1, 0.15) is 6.10 Å². The van der Waals surface area contributed by atoms with Crippen LogP contribution in [0.4, 0.5) is 0 Å². The molecule has 2 heterocycles. The Morgan fingerprint density at radius 3 is 2.95 bits per heavy atom. The lowest BCUT2D eigenvalue weighted by atomic mass is 9.96. The summed E-state index contributed by atoms with van der Waals surface area (Å²) in [6.45, 7) is 0. The van der Waals surface area contributed by atoms with Crippen molar-refractivity contribution in [2.45, 2.75) is 50.7 Å². The largest absolute Gasteiger partial charge is 0.386 e. The smallest absolute Gasteiger partial charge is 0.102 e. The molecule has 3 rings (SSSR count). The van der Waals surface area contributed by atoms with Gasteiger partial charge in [0.05, 0.1) is 22.9 Å². The lowest BCUT2D eigenvalue weighted by molar-refractivity contribution is 0.172. The van der Waals surface area contributed by atoms with Crippen LogP contribution in [0.2, 0.25) is 0 Å². The Balaban J connectivity index is 1.64. The number of thiazole rings is 1. The standard InChI is InChI=1S/C14H19N3OS/c18-14(13-9-19-10-15-13)8-11-6-7-17(16-11)12-4-2-1-3-5-12/h6-7,9-10,12,14,18H,1-5,8H2. The zero-order valence-corrected chi connectivity index (χ0v) is 11.7. The highest BCUT2D eigenvalue weighted by atomic mass is 32.1. The number of hydrogen-bond acceptors (Lipinski definition) is 4. The molecule has 1 aliphatic rings. The maximum Gasteiger partial charge on any atom is 0.102 e. The zero-order chi connectivity index (χ0) is 13.1. The van der Waals surface area contributed by atoms with Crippen LogP contribution in [0.3, 0.4) is 0 Å². The Bertz CT molecular complexity index is 503. The van der Waals surface area contributed by atoms with Crippen LogP contribution in [0.25, 0.3) is 0 Å². The number of aliphatic hydroxyl groups is 1. The number of rotatable bonds is 4. The van der Waals surface area contributed by atoms with Crippen molar-refractivity contribution < 1.29 is 5.11 Å². The van der Waals surface area contributed by atoms with E-state index in [-0.39, 0.29) is 0 Å². The normalized spacial score (nSPS) is 18.6. The van der Waals surface area contributed by atoms with Crippen molar-refractivity contribution in [1.29, 1.82) is 0 Å². The third kappa shape index (κ3) is 3.04. The average Bonchev–Trinajstić information content (AvgIpc) is 3.11. The summed E-state index contributed by atoms with van der Waals surface area (Å²) >= 11 is 1.51. The fraction of sp³-hybridized carbons (Fsp3) is 0.571. The second-order valence-corrected chi connectivity index (χ2v) is 5.93. The molecular weight excluding hydrogens is 258 g/mol. The van der Waals surface area contributed by atoms with E-state index in [1.165, 1.54) is 43.4 Å². The zero-order valence-electron chi connectivity index (χ0n) is 10.9. The maximum atomic E-state index is 10.1. The predicted octanol–water partition coefficient (Wildman–Crippen LogP) is 3.12. The molecule has 19 heavy (non-hydrogen) atoms. The molecular formula is C14H19N3OS. The van der Waals surface area contributed by atoms with Gasteiger partial charge >= 0.3 is 0 Å². The van der Waals surface area contributed by atoms with Crippen LogP contribution in [0, 0.1) is 0 Å². The second kappa shape index (κ2) is 5.84. The number of aromatic nitrogens is 3. The van der Waals surface area contributed by atoms with Crippen LogP contribution >= 0.6 is 11.3 Å². The molecule has 4 nitrogen and oxygen atoms in total. The van der Waals surface area contributed by atoms with Gasteiger partial charge in [-0.15, -0.1) is 11.3 Å². The summed E-state index contributed by atoms with van der Waals surface area (Å²) in [5.41, 5.74) is 3.45. The summed E-state index contributed by atoms with van der Waals surface area (Å²) in [4.78, 5) is 4.14. The Morgan fingerprint density at radius 2 is 2.21 bits per heavy atom. The van der Waals surface area contributed by atoms with Gasteiger partial charge in [0.15, 0.2) is 0 Å². The van der Waals surface area contributed by atoms with Crippen molar-refractivity contribution in [2.24, 2.45) is 0 Å². The van der Waals surface area contributed by atoms with Crippen molar-refractivity contribution in [2.75, 3.05) is 0 Å². The highest BCUT2D eigenvalue weighted by molar-refractivity contribution is 7.07. The van der Waals surface area contributed by atoms with E-state index in [1.807, 2.05) is 11.4 Å². The molecule has 2 aromatic heterocycles. The molecule has 1 unspecified atom stereocenters. The van der Waals surface area contributed by atoms with Crippen LogP contribution in [0.15, 0.2) is 23.2 Å². The Labute approximate surface area is 117 Å². The molecule has 1 N–H and O–H groups in total. The lowest BCUT2D eigenvalue weighted by Gasteiger charge is -2.21. The van der Waals surface area contributed by atoms with Gasteiger partial charge in [0.25, 0.3) is 0 Å². The quantitative estimate of drug-likeness (QED) is 0.934. The molecule has 0 amide bonds. The fourth-order valence-electron chi connectivity index (χ4n) is 2.72. The van der Waals surface area contributed by atoms with Gasteiger partial charge in [0, 0.05) is 18.0 Å². The van der Waals surface area contributed by atoms with Gasteiger partial charge in [-0.2, -0.15) is 5.10 Å². The third-order valence-electron chi connectivity index (χ3n) is 3.81. The molecule has 1 aliphatic carbocycles. The van der Waals surface area contributed by atoms with Crippen molar-refractivity contribution in [3.05, 3.63) is 34.5 Å². The predicted molar refractivity (Wildman–Crippen MR) is 75.1 cm³/mol. The van der Waals surface area contributed by atoms with Gasteiger partial charge in [-0.25, -0.2) is 4.98 Å². The minimum atomic E-state index is -0.541. The average molecular weight is 277 g/mol. The van der Waals surface area contributed by atoms with E-state index in [4.69, 9.17) is 0 Å². The molecule has 0 spiro atoms. The molecule has 0 saturated heterocycles. The highest BCUT2D eigenvalue weighted by Crippen LogP contribution is 2.27. The first-order valence-corrected chi connectivity index (χ1v) is 7.87. The lowest BCUT2D eigenvalue weighted by Crippen LogP contribution is -2.13. The summed E-state index contributed by atoms with van der Waals surface area (Å²) < 4.78 is 2.09. The minimum absolute atomic E-state index is 0.541. The molecule has 0 aromatic carbocycles. The Morgan fingerprint density at radius 1 is 1.37 bits per heavy atom. The van der Waals surface area contributed by atoms with Crippen molar-refractivity contribution in [3.63, 3.8) is 0 Å². The topological polar surface area (TPSA) is 50.9 Å². The first kappa shape index (κ1) is 12.8. The van der Waals surface area contributed by atoms with Crippen molar-refractivity contribution in [3.8, 4) is 0 Å². The van der Waals surface area contributed by atoms with Crippen LogP contribution in [0.1, 0.15) is 55.6 Å². The van der Waals surface area contributed by atoms with E-state index in [9.17, 15) is 5.11 Å². The van der Waals surface area contributed by atoms with Crippen LogP contribution in [-0.4, -0.2) is 19.9 Å². The molecule has 0 bridgehead atoms. The van der Waals surface area contributed by atoms with Gasteiger partial charge < -0.3 is 5.11 Å². The summed E-state index contributed by atoms with van der Waals surface area (Å²) in [6.07, 6.45) is 8.49. The van der Waals surface area contributed by atoms with Crippen LogP contribution < -0.4 is 0 Å². The van der Waals surface area contributed by atoms with Crippen LogP contribution in [0.5, 0.6) is 0 Å². The second-order valence-electron chi connectivity index (χ2n) is 5.21. The van der Waals surface area contributed by atoms with Crippen molar-refractivity contribution >= 4 is 11.3 Å². The van der Waals surface area contributed by atoms with E-state index < -0.39 is 6.10 Å². The fourth-order valence-corrected chi connectivity index (χ4v) is 3.33. The number of nitrogens with zero attached hydrogens (tertiary/aromatic N) is 3. The van der Waals surface area contributed by atoms with E-state index in [2.05, 4.69) is 21.0 Å². The monoisotopic (exact) mass is 277 g/mol. The molecule has 1 saturated carbocycles. The van der Waals surface area contributed by atoms with E-state index in [1.54, 1.807) is 5.51 Å². The number of aliphatic hydroxyl groups excluding tert-OH is 1.